The van der Waals surface area contributed by atoms with Crippen molar-refractivity contribution in [3.8, 4) is 9.88 Å². The van der Waals surface area contributed by atoms with Gasteiger partial charge in [0.15, 0.2) is 0 Å². The van der Waals surface area contributed by atoms with E-state index in [9.17, 15) is 9.59 Å². The van der Waals surface area contributed by atoms with Gasteiger partial charge in [-0.1, -0.05) is 6.07 Å². The van der Waals surface area contributed by atoms with Gasteiger partial charge in [-0.15, -0.1) is 22.7 Å². The minimum Gasteiger partial charge on any atom is -0.468 e. The Morgan fingerprint density at radius 1 is 1.40 bits per heavy atom. The largest absolute Gasteiger partial charge is 0.468 e. The summed E-state index contributed by atoms with van der Waals surface area (Å²) in [4.78, 5) is 30.3. The molecule has 0 radical (unpaired) electrons. The van der Waals surface area contributed by atoms with Crippen molar-refractivity contribution in [1.29, 1.82) is 0 Å². The van der Waals surface area contributed by atoms with Crippen LogP contribution in [-0.4, -0.2) is 42.0 Å². The number of esters is 1. The molecule has 0 aliphatic heterocycles. The van der Waals surface area contributed by atoms with Crippen molar-refractivity contribution in [1.82, 2.24) is 9.88 Å². The lowest BCUT2D eigenvalue weighted by Crippen LogP contribution is -2.36. The minimum absolute atomic E-state index is 0.0578. The molecule has 0 unspecified atom stereocenters. The number of amides is 1. The molecule has 0 bridgehead atoms. The third kappa shape index (κ3) is 3.23. The number of hydrogen-bond donors (Lipinski definition) is 0. The molecule has 2 aromatic rings. The summed E-state index contributed by atoms with van der Waals surface area (Å²) in [6, 6.07) is 3.91. The number of rotatable bonds is 5. The van der Waals surface area contributed by atoms with Crippen LogP contribution in [-0.2, 0) is 9.53 Å². The lowest BCUT2D eigenvalue weighted by atomic mass is 10.3. The third-order valence-corrected chi connectivity index (χ3v) is 4.55. The highest BCUT2D eigenvalue weighted by molar-refractivity contribution is 7.20. The van der Waals surface area contributed by atoms with Gasteiger partial charge in [0.1, 0.15) is 17.2 Å². The van der Waals surface area contributed by atoms with Crippen molar-refractivity contribution in [2.45, 2.75) is 6.92 Å². The molecule has 0 saturated heterocycles. The number of hydrogen-bond acceptors (Lipinski definition) is 6. The van der Waals surface area contributed by atoms with Crippen LogP contribution in [0.2, 0.25) is 0 Å². The highest BCUT2D eigenvalue weighted by atomic mass is 32.1. The van der Waals surface area contributed by atoms with Crippen molar-refractivity contribution >= 4 is 34.6 Å². The second kappa shape index (κ2) is 6.62. The molecule has 2 aromatic heterocycles. The van der Waals surface area contributed by atoms with E-state index in [1.807, 2.05) is 24.4 Å². The highest BCUT2D eigenvalue weighted by Crippen LogP contribution is 2.28. The van der Waals surface area contributed by atoms with Gasteiger partial charge in [-0.2, -0.15) is 0 Å². The Morgan fingerprint density at radius 2 is 2.20 bits per heavy atom. The summed E-state index contributed by atoms with van der Waals surface area (Å²) < 4.78 is 4.58. The quantitative estimate of drug-likeness (QED) is 0.796. The SMILES string of the molecule is CCN(CC(=O)OC)C(=O)c1csc(-c2cccs2)n1. The van der Waals surface area contributed by atoms with E-state index in [2.05, 4.69) is 9.72 Å². The smallest absolute Gasteiger partial charge is 0.325 e. The molecule has 0 spiro atoms. The Hall–Kier alpha value is -1.73. The fraction of sp³-hybridized carbons (Fsp3) is 0.308. The molecule has 2 heterocycles. The summed E-state index contributed by atoms with van der Waals surface area (Å²) in [5, 5.41) is 4.50. The van der Waals surface area contributed by atoms with Crippen LogP contribution < -0.4 is 0 Å². The maximum absolute atomic E-state index is 12.3. The van der Waals surface area contributed by atoms with Gasteiger partial charge >= 0.3 is 5.97 Å². The summed E-state index contributed by atoms with van der Waals surface area (Å²) in [7, 11) is 1.30. The molecule has 1 amide bonds. The van der Waals surface area contributed by atoms with Crippen molar-refractivity contribution in [2.24, 2.45) is 0 Å². The number of methoxy groups -OCH3 is 1. The zero-order valence-electron chi connectivity index (χ0n) is 11.2. The van der Waals surface area contributed by atoms with E-state index in [4.69, 9.17) is 0 Å². The first-order valence-corrected chi connectivity index (χ1v) is 7.77. The lowest BCUT2D eigenvalue weighted by molar-refractivity contribution is -0.141. The molecule has 0 aromatic carbocycles. The second-order valence-corrected chi connectivity index (χ2v) is 5.72. The van der Waals surface area contributed by atoms with E-state index in [-0.39, 0.29) is 12.5 Å². The van der Waals surface area contributed by atoms with Gasteiger partial charge in [0, 0.05) is 11.9 Å². The molecular formula is C13H14N2O3S2. The molecule has 0 aliphatic rings. The molecule has 7 heteroatoms. The Morgan fingerprint density at radius 3 is 2.80 bits per heavy atom. The molecule has 0 aliphatic carbocycles. The van der Waals surface area contributed by atoms with Gasteiger partial charge in [0.2, 0.25) is 0 Å². The van der Waals surface area contributed by atoms with Crippen LogP contribution in [0.25, 0.3) is 9.88 Å². The van der Waals surface area contributed by atoms with E-state index < -0.39 is 5.97 Å². The Bertz CT molecular complexity index is 593. The summed E-state index contributed by atoms with van der Waals surface area (Å²) in [6.45, 7) is 2.19. The predicted molar refractivity (Wildman–Crippen MR) is 79.0 cm³/mol. The summed E-state index contributed by atoms with van der Waals surface area (Å²) >= 11 is 3.00. The normalized spacial score (nSPS) is 10.3. The molecule has 5 nitrogen and oxygen atoms in total. The maximum Gasteiger partial charge on any atom is 0.325 e. The van der Waals surface area contributed by atoms with Crippen molar-refractivity contribution in [3.63, 3.8) is 0 Å². The number of aromatic nitrogens is 1. The molecular weight excluding hydrogens is 296 g/mol. The van der Waals surface area contributed by atoms with Crippen LogP contribution in [0.15, 0.2) is 22.9 Å². The van der Waals surface area contributed by atoms with Crippen molar-refractivity contribution < 1.29 is 14.3 Å². The zero-order valence-corrected chi connectivity index (χ0v) is 12.8. The van der Waals surface area contributed by atoms with Gasteiger partial charge in [0.05, 0.1) is 12.0 Å². The Kier molecular flexibility index (Phi) is 4.86. The van der Waals surface area contributed by atoms with E-state index in [1.54, 1.807) is 16.7 Å². The second-order valence-electron chi connectivity index (χ2n) is 3.91. The molecule has 0 saturated carbocycles. The van der Waals surface area contributed by atoms with Crippen LogP contribution in [0, 0.1) is 0 Å². The number of likely N-dealkylation sites (N-methyl/N-ethyl adjacent to an activating group) is 1. The molecule has 106 valence electrons. The van der Waals surface area contributed by atoms with Crippen LogP contribution in [0.1, 0.15) is 17.4 Å². The van der Waals surface area contributed by atoms with Crippen molar-refractivity contribution in [2.75, 3.05) is 20.2 Å². The number of thiazole rings is 1. The topological polar surface area (TPSA) is 59.5 Å². The van der Waals surface area contributed by atoms with Crippen LogP contribution in [0.3, 0.4) is 0 Å². The summed E-state index contributed by atoms with van der Waals surface area (Å²) in [6.07, 6.45) is 0. The van der Waals surface area contributed by atoms with Gasteiger partial charge < -0.3 is 9.64 Å². The highest BCUT2D eigenvalue weighted by Gasteiger charge is 2.20. The van der Waals surface area contributed by atoms with Crippen LogP contribution in [0.5, 0.6) is 0 Å². The third-order valence-electron chi connectivity index (χ3n) is 2.67. The maximum atomic E-state index is 12.3. The average molecular weight is 310 g/mol. The number of ether oxygens (including phenoxy) is 1. The monoisotopic (exact) mass is 310 g/mol. The minimum atomic E-state index is -0.436. The van der Waals surface area contributed by atoms with E-state index >= 15 is 0 Å². The zero-order chi connectivity index (χ0) is 14.5. The summed E-state index contributed by atoms with van der Waals surface area (Å²) in [5.74, 6) is -0.689. The van der Waals surface area contributed by atoms with Gasteiger partial charge in [-0.3, -0.25) is 9.59 Å². The molecule has 0 fully saturated rings. The first-order chi connectivity index (χ1) is 9.65. The molecule has 2 rings (SSSR count). The first-order valence-electron chi connectivity index (χ1n) is 6.01. The predicted octanol–water partition coefficient (Wildman–Crippen LogP) is 2.51. The fourth-order valence-corrected chi connectivity index (χ4v) is 3.20. The average Bonchev–Trinajstić information content (AvgIpc) is 3.13. The van der Waals surface area contributed by atoms with Gasteiger partial charge in [-0.05, 0) is 18.4 Å². The molecule has 0 N–H and O–H groups in total. The number of thiophene rings is 1. The number of carbonyl (C=O) groups excluding carboxylic acids is 2. The van der Waals surface area contributed by atoms with Crippen molar-refractivity contribution in [3.05, 3.63) is 28.6 Å². The van der Waals surface area contributed by atoms with Gasteiger partial charge in [0.25, 0.3) is 5.91 Å². The lowest BCUT2D eigenvalue weighted by Gasteiger charge is -2.17. The van der Waals surface area contributed by atoms with E-state index in [0.29, 0.717) is 12.2 Å². The van der Waals surface area contributed by atoms with Gasteiger partial charge in [-0.25, -0.2) is 4.98 Å². The van der Waals surface area contributed by atoms with E-state index in [0.717, 1.165) is 9.88 Å². The molecule has 0 atom stereocenters. The Labute approximate surface area is 124 Å². The number of carbonyl (C=O) groups is 2. The fourth-order valence-electron chi connectivity index (χ4n) is 1.59. The summed E-state index contributed by atoms with van der Waals surface area (Å²) in [5.41, 5.74) is 0.365. The van der Waals surface area contributed by atoms with Crippen LogP contribution in [0.4, 0.5) is 0 Å². The van der Waals surface area contributed by atoms with E-state index in [1.165, 1.54) is 23.3 Å². The standard InChI is InChI=1S/C13H14N2O3S2/c1-3-15(7-11(16)18-2)13(17)9-8-20-12(14-9)10-5-4-6-19-10/h4-6,8H,3,7H2,1-2H3. The van der Waals surface area contributed by atoms with Crippen LogP contribution >= 0.6 is 22.7 Å². The number of nitrogens with zero attached hydrogens (tertiary/aromatic N) is 2. The molecule has 20 heavy (non-hydrogen) atoms. The Balaban J connectivity index is 2.14. The first kappa shape index (κ1) is 14.7.